The molecule has 1 N–H and O–H groups in total. The van der Waals surface area contributed by atoms with Crippen LogP contribution in [0, 0.1) is 11.3 Å². The van der Waals surface area contributed by atoms with E-state index in [2.05, 4.69) is 26.5 Å². The maximum atomic E-state index is 6.14. The van der Waals surface area contributed by atoms with Gasteiger partial charge in [0, 0.05) is 63.3 Å². The van der Waals surface area contributed by atoms with E-state index in [9.17, 15) is 0 Å². The first-order chi connectivity index (χ1) is 12.7. The molecular weight excluding hydrogens is 453 g/mol. The molecule has 3 heterocycles. The molecule has 2 aliphatic carbocycles. The number of nitrogens with one attached hydrogen (secondary N) is 1. The number of nitrogens with zero attached hydrogens (tertiary/aromatic N) is 4. The van der Waals surface area contributed by atoms with Crippen molar-refractivity contribution in [2.24, 2.45) is 23.4 Å². The van der Waals surface area contributed by atoms with Crippen LogP contribution in [0.1, 0.15) is 50.0 Å². The van der Waals surface area contributed by atoms with Crippen molar-refractivity contribution in [1.29, 1.82) is 0 Å². The Hall–Kier alpha value is -0.830. The maximum Gasteiger partial charge on any atom is 0.193 e. The van der Waals surface area contributed by atoms with Gasteiger partial charge in [-0.15, -0.1) is 24.0 Å². The van der Waals surface area contributed by atoms with Crippen molar-refractivity contribution >= 4 is 29.9 Å². The van der Waals surface area contributed by atoms with Crippen LogP contribution in [0.5, 0.6) is 0 Å². The lowest BCUT2D eigenvalue weighted by Crippen LogP contribution is -2.69. The molecule has 4 aliphatic rings. The SMILES string of the molecule is CN=C(NC1C2CCOC2C12CCCC2)N1CCC(c2cnn(C)c2)C1.I. The summed E-state index contributed by atoms with van der Waals surface area (Å²) in [7, 11) is 3.93. The Morgan fingerprint density at radius 1 is 1.33 bits per heavy atom. The van der Waals surface area contributed by atoms with Crippen molar-refractivity contribution < 1.29 is 4.74 Å². The van der Waals surface area contributed by atoms with Gasteiger partial charge in [0.25, 0.3) is 0 Å². The smallest absolute Gasteiger partial charge is 0.193 e. The molecule has 4 fully saturated rings. The number of ether oxygens (including phenoxy) is 1. The summed E-state index contributed by atoms with van der Waals surface area (Å²) in [5, 5.41) is 8.25. The summed E-state index contributed by atoms with van der Waals surface area (Å²) in [6, 6.07) is 0.550. The van der Waals surface area contributed by atoms with Gasteiger partial charge in [0.1, 0.15) is 0 Å². The summed E-state index contributed by atoms with van der Waals surface area (Å²) in [4.78, 5) is 7.11. The Labute approximate surface area is 179 Å². The molecule has 2 saturated carbocycles. The van der Waals surface area contributed by atoms with E-state index in [1.165, 1.54) is 44.1 Å². The van der Waals surface area contributed by atoms with Crippen molar-refractivity contribution in [3.05, 3.63) is 18.0 Å². The number of aliphatic imine (C=N–C) groups is 1. The second-order valence-electron chi connectivity index (χ2n) is 8.73. The van der Waals surface area contributed by atoms with Gasteiger partial charge in [-0.1, -0.05) is 12.8 Å². The zero-order valence-electron chi connectivity index (χ0n) is 16.4. The van der Waals surface area contributed by atoms with E-state index in [1.54, 1.807) is 0 Å². The highest BCUT2D eigenvalue weighted by Gasteiger charge is 2.65. The summed E-state index contributed by atoms with van der Waals surface area (Å²) in [5.74, 6) is 2.34. The van der Waals surface area contributed by atoms with Gasteiger partial charge < -0.3 is 15.0 Å². The van der Waals surface area contributed by atoms with Crippen molar-refractivity contribution in [3.63, 3.8) is 0 Å². The number of halogens is 1. The van der Waals surface area contributed by atoms with Crippen molar-refractivity contribution in [2.45, 2.75) is 56.6 Å². The number of likely N-dealkylation sites (tertiary alicyclic amines) is 1. The Balaban J connectivity index is 0.00000180. The summed E-state index contributed by atoms with van der Waals surface area (Å²) in [5.41, 5.74) is 1.73. The molecule has 1 spiro atoms. The van der Waals surface area contributed by atoms with Gasteiger partial charge in [0.05, 0.1) is 12.3 Å². The van der Waals surface area contributed by atoms with E-state index < -0.39 is 0 Å². The minimum atomic E-state index is 0. The molecule has 5 rings (SSSR count). The highest BCUT2D eigenvalue weighted by molar-refractivity contribution is 14.0. The predicted molar refractivity (Wildman–Crippen MR) is 117 cm³/mol. The van der Waals surface area contributed by atoms with Gasteiger partial charge in [-0.3, -0.25) is 9.67 Å². The van der Waals surface area contributed by atoms with E-state index in [1.807, 2.05) is 25.0 Å². The number of hydrogen-bond acceptors (Lipinski definition) is 3. The van der Waals surface area contributed by atoms with Crippen molar-refractivity contribution in [3.8, 4) is 0 Å². The maximum absolute atomic E-state index is 6.14. The van der Waals surface area contributed by atoms with Crippen LogP contribution in [0.25, 0.3) is 0 Å². The molecule has 2 aliphatic heterocycles. The van der Waals surface area contributed by atoms with Crippen LogP contribution in [0.4, 0.5) is 0 Å². The monoisotopic (exact) mass is 485 g/mol. The molecule has 0 bridgehead atoms. The van der Waals surface area contributed by atoms with Crippen LogP contribution in [0.15, 0.2) is 17.4 Å². The molecule has 0 aromatic carbocycles. The fraction of sp³-hybridized carbons (Fsp3) is 0.800. The zero-order valence-corrected chi connectivity index (χ0v) is 18.8. The van der Waals surface area contributed by atoms with Crippen LogP contribution in [0.3, 0.4) is 0 Å². The zero-order chi connectivity index (χ0) is 17.7. The van der Waals surface area contributed by atoms with E-state index in [0.717, 1.165) is 25.7 Å². The Morgan fingerprint density at radius 3 is 2.85 bits per heavy atom. The van der Waals surface area contributed by atoms with Crippen LogP contribution >= 0.6 is 24.0 Å². The number of hydrogen-bond donors (Lipinski definition) is 1. The second kappa shape index (κ2) is 7.54. The van der Waals surface area contributed by atoms with Crippen LogP contribution in [-0.2, 0) is 11.8 Å². The minimum absolute atomic E-state index is 0. The van der Waals surface area contributed by atoms with E-state index >= 15 is 0 Å². The molecule has 1 aromatic rings. The number of aromatic nitrogens is 2. The fourth-order valence-electron chi connectivity index (χ4n) is 6.22. The lowest BCUT2D eigenvalue weighted by molar-refractivity contribution is -0.125. The predicted octanol–water partition coefficient (Wildman–Crippen LogP) is 2.75. The number of fused-ring (bicyclic) bond motifs is 2. The molecule has 1 aromatic heterocycles. The van der Waals surface area contributed by atoms with Gasteiger partial charge in [0.2, 0.25) is 0 Å². The largest absolute Gasteiger partial charge is 0.377 e. The minimum Gasteiger partial charge on any atom is -0.377 e. The second-order valence-corrected chi connectivity index (χ2v) is 8.73. The first-order valence-electron chi connectivity index (χ1n) is 10.3. The van der Waals surface area contributed by atoms with Crippen molar-refractivity contribution in [1.82, 2.24) is 20.0 Å². The summed E-state index contributed by atoms with van der Waals surface area (Å²) >= 11 is 0. The van der Waals surface area contributed by atoms with Crippen LogP contribution < -0.4 is 5.32 Å². The quantitative estimate of drug-likeness (QED) is 0.398. The topological polar surface area (TPSA) is 54.7 Å². The molecule has 0 amide bonds. The van der Waals surface area contributed by atoms with E-state index in [0.29, 0.717) is 29.4 Å². The normalized spacial score (nSPS) is 34.4. The summed E-state index contributed by atoms with van der Waals surface area (Å²) in [6.45, 7) is 3.06. The third-order valence-corrected chi connectivity index (χ3v) is 7.47. The van der Waals surface area contributed by atoms with E-state index in [4.69, 9.17) is 4.74 Å². The van der Waals surface area contributed by atoms with Crippen LogP contribution in [0.2, 0.25) is 0 Å². The number of guanidine groups is 1. The Kier molecular flexibility index (Phi) is 5.44. The Bertz CT molecular complexity index is 698. The molecule has 150 valence electrons. The fourth-order valence-corrected chi connectivity index (χ4v) is 6.22. The molecule has 0 radical (unpaired) electrons. The van der Waals surface area contributed by atoms with Crippen molar-refractivity contribution in [2.75, 3.05) is 26.7 Å². The molecule has 6 nitrogen and oxygen atoms in total. The molecule has 27 heavy (non-hydrogen) atoms. The summed E-state index contributed by atoms with van der Waals surface area (Å²) < 4.78 is 8.04. The lowest BCUT2D eigenvalue weighted by Gasteiger charge is -2.57. The van der Waals surface area contributed by atoms with Gasteiger partial charge in [-0.05, 0) is 31.2 Å². The standard InChI is InChI=1S/C20H31N5O.HI/c1-21-19(25-9-5-14(13-25)15-11-22-24(2)12-15)23-17-16-6-10-26-18(16)20(17)7-3-4-8-20;/h11-12,14,16-18H,3-10,13H2,1-2H3,(H,21,23);1H. The Morgan fingerprint density at radius 2 is 2.15 bits per heavy atom. The van der Waals surface area contributed by atoms with Gasteiger partial charge in [-0.25, -0.2) is 0 Å². The highest BCUT2D eigenvalue weighted by atomic mass is 127. The average molecular weight is 485 g/mol. The highest BCUT2D eigenvalue weighted by Crippen LogP contribution is 2.60. The third kappa shape index (κ3) is 3.09. The molecule has 2 saturated heterocycles. The van der Waals surface area contributed by atoms with Gasteiger partial charge >= 0.3 is 0 Å². The lowest BCUT2D eigenvalue weighted by atomic mass is 9.54. The molecule has 4 atom stereocenters. The van der Waals surface area contributed by atoms with Gasteiger partial charge in [-0.2, -0.15) is 5.10 Å². The number of aryl methyl sites for hydroxylation is 1. The number of rotatable bonds is 2. The van der Waals surface area contributed by atoms with Crippen LogP contribution in [-0.4, -0.2) is 59.5 Å². The third-order valence-electron chi connectivity index (χ3n) is 7.47. The first-order valence-corrected chi connectivity index (χ1v) is 10.3. The molecule has 7 heteroatoms. The molecular formula is C20H32IN5O. The average Bonchev–Trinajstić information content (AvgIpc) is 3.41. The summed E-state index contributed by atoms with van der Waals surface area (Å²) in [6.07, 6.45) is 12.4. The first kappa shape index (κ1) is 19.5. The van der Waals surface area contributed by atoms with Gasteiger partial charge in [0.15, 0.2) is 5.96 Å². The van der Waals surface area contributed by atoms with E-state index in [-0.39, 0.29) is 24.0 Å². The molecule has 4 unspecified atom stereocenters.